The number of nitrogens with zero attached hydrogens (tertiary/aromatic N) is 3. The van der Waals surface area contributed by atoms with E-state index in [9.17, 15) is 14.7 Å². The fourth-order valence-corrected chi connectivity index (χ4v) is 4.32. The Hall–Kier alpha value is -2.61. The van der Waals surface area contributed by atoms with Crippen LogP contribution in [0.25, 0.3) is 5.57 Å². The van der Waals surface area contributed by atoms with Gasteiger partial charge in [0.2, 0.25) is 5.88 Å². The quantitative estimate of drug-likeness (QED) is 0.654. The number of rotatable bonds is 7. The summed E-state index contributed by atoms with van der Waals surface area (Å²) < 4.78 is 6.29. The molecule has 0 fully saturated rings. The Morgan fingerprint density at radius 1 is 1.42 bits per heavy atom. The minimum Gasteiger partial charge on any atom is -0.472 e. The van der Waals surface area contributed by atoms with Crippen molar-refractivity contribution in [2.75, 3.05) is 33.3 Å². The van der Waals surface area contributed by atoms with Crippen LogP contribution in [-0.4, -0.2) is 77.3 Å². The number of allylic oxidation sites excluding steroid dienone is 2. The van der Waals surface area contributed by atoms with E-state index in [1.54, 1.807) is 23.0 Å². The minimum atomic E-state index is -0.352. The number of hydrogen-bond acceptors (Lipinski definition) is 5. The number of pyridine rings is 1. The Bertz CT molecular complexity index is 872. The van der Waals surface area contributed by atoms with Crippen LogP contribution >= 0.6 is 0 Å². The zero-order chi connectivity index (χ0) is 24.0. The fourth-order valence-electron chi connectivity index (χ4n) is 4.32. The number of amides is 3. The average Bonchev–Trinajstić information content (AvgIpc) is 2.84. The van der Waals surface area contributed by atoms with Crippen molar-refractivity contribution in [2.45, 2.75) is 65.0 Å². The lowest BCUT2D eigenvalue weighted by molar-refractivity contribution is 0.0352. The van der Waals surface area contributed by atoms with Crippen LogP contribution in [0.15, 0.2) is 18.3 Å². The van der Waals surface area contributed by atoms with Crippen LogP contribution in [0.4, 0.5) is 4.79 Å². The van der Waals surface area contributed by atoms with Crippen molar-refractivity contribution in [1.82, 2.24) is 20.1 Å². The highest BCUT2D eigenvalue weighted by molar-refractivity contribution is 5.97. The number of nitrogens with one attached hydrogen (secondary N) is 1. The molecule has 0 saturated carbocycles. The third kappa shape index (κ3) is 6.05. The summed E-state index contributed by atoms with van der Waals surface area (Å²) in [5.74, 6) is 0.0333. The van der Waals surface area contributed by atoms with Gasteiger partial charge in [0, 0.05) is 32.3 Å². The Morgan fingerprint density at radius 2 is 2.21 bits per heavy atom. The van der Waals surface area contributed by atoms with Crippen molar-refractivity contribution in [2.24, 2.45) is 5.92 Å². The Morgan fingerprint density at radius 3 is 2.88 bits per heavy atom. The SMILES string of the molecule is CCCNC(=O)N(C)C[C@H]1Oc2ncc(C3=CCCCC3)cc2C(=O)N([C@@H](C)CO)C[C@@H]1C. The molecular weight excluding hydrogens is 420 g/mol. The fraction of sp³-hybridized carbons (Fsp3) is 0.640. The molecule has 3 atom stereocenters. The van der Waals surface area contributed by atoms with Crippen molar-refractivity contribution in [3.63, 3.8) is 0 Å². The van der Waals surface area contributed by atoms with E-state index < -0.39 is 0 Å². The molecule has 0 spiro atoms. The predicted molar refractivity (Wildman–Crippen MR) is 128 cm³/mol. The maximum absolute atomic E-state index is 13.5. The van der Waals surface area contributed by atoms with Crippen LogP contribution in [0.1, 0.15) is 68.8 Å². The molecule has 182 valence electrons. The van der Waals surface area contributed by atoms with Gasteiger partial charge in [-0.15, -0.1) is 0 Å². The van der Waals surface area contributed by atoms with Gasteiger partial charge in [-0.05, 0) is 56.2 Å². The highest BCUT2D eigenvalue weighted by Crippen LogP contribution is 2.32. The topological polar surface area (TPSA) is 95.0 Å². The summed E-state index contributed by atoms with van der Waals surface area (Å²) in [6.45, 7) is 7.11. The van der Waals surface area contributed by atoms with Gasteiger partial charge in [-0.3, -0.25) is 4.79 Å². The van der Waals surface area contributed by atoms with Gasteiger partial charge in [-0.25, -0.2) is 9.78 Å². The van der Waals surface area contributed by atoms with Crippen molar-refractivity contribution in [3.05, 3.63) is 29.5 Å². The molecule has 0 radical (unpaired) electrons. The first-order valence-electron chi connectivity index (χ1n) is 12.1. The molecule has 1 aliphatic heterocycles. The maximum atomic E-state index is 13.5. The highest BCUT2D eigenvalue weighted by atomic mass is 16.5. The molecule has 3 amide bonds. The van der Waals surface area contributed by atoms with E-state index >= 15 is 0 Å². The Kier molecular flexibility index (Phi) is 8.72. The number of hydrogen-bond donors (Lipinski definition) is 2. The third-order valence-electron chi connectivity index (χ3n) is 6.51. The third-order valence-corrected chi connectivity index (χ3v) is 6.51. The maximum Gasteiger partial charge on any atom is 0.317 e. The average molecular weight is 459 g/mol. The summed E-state index contributed by atoms with van der Waals surface area (Å²) >= 11 is 0. The van der Waals surface area contributed by atoms with Crippen molar-refractivity contribution in [1.29, 1.82) is 0 Å². The van der Waals surface area contributed by atoms with E-state index in [4.69, 9.17) is 4.74 Å². The minimum absolute atomic E-state index is 0.0694. The van der Waals surface area contributed by atoms with E-state index in [0.29, 0.717) is 25.2 Å². The largest absolute Gasteiger partial charge is 0.472 e. The second-order valence-corrected chi connectivity index (χ2v) is 9.29. The summed E-state index contributed by atoms with van der Waals surface area (Å²) in [6.07, 6.45) is 8.85. The summed E-state index contributed by atoms with van der Waals surface area (Å²) in [5.41, 5.74) is 2.57. The van der Waals surface area contributed by atoms with Crippen LogP contribution in [0.2, 0.25) is 0 Å². The number of fused-ring (bicyclic) bond motifs is 1. The number of ether oxygens (including phenoxy) is 1. The molecule has 0 saturated heterocycles. The smallest absolute Gasteiger partial charge is 0.317 e. The molecule has 8 nitrogen and oxygen atoms in total. The van der Waals surface area contributed by atoms with Crippen LogP contribution < -0.4 is 10.1 Å². The number of aromatic nitrogens is 1. The Labute approximate surface area is 197 Å². The number of likely N-dealkylation sites (N-methyl/N-ethyl adjacent to an activating group) is 1. The molecule has 0 bridgehead atoms. The summed E-state index contributed by atoms with van der Waals surface area (Å²) in [7, 11) is 1.74. The molecular formula is C25H38N4O4. The molecule has 0 unspecified atom stereocenters. The second kappa shape index (κ2) is 11.5. The van der Waals surface area contributed by atoms with Gasteiger partial charge in [0.05, 0.1) is 19.2 Å². The van der Waals surface area contributed by atoms with Crippen LogP contribution in [-0.2, 0) is 0 Å². The number of urea groups is 1. The summed E-state index contributed by atoms with van der Waals surface area (Å²) in [6, 6.07) is 1.39. The van der Waals surface area contributed by atoms with E-state index in [1.165, 1.54) is 12.0 Å². The predicted octanol–water partition coefficient (Wildman–Crippen LogP) is 3.31. The van der Waals surface area contributed by atoms with Gasteiger partial charge in [-0.2, -0.15) is 0 Å². The molecule has 0 aromatic carbocycles. The van der Waals surface area contributed by atoms with Crippen molar-refractivity contribution in [3.8, 4) is 5.88 Å². The molecule has 1 aliphatic carbocycles. The molecule has 33 heavy (non-hydrogen) atoms. The van der Waals surface area contributed by atoms with Crippen LogP contribution in [0.3, 0.4) is 0 Å². The zero-order valence-electron chi connectivity index (χ0n) is 20.3. The van der Waals surface area contributed by atoms with Gasteiger partial charge in [-0.1, -0.05) is 19.9 Å². The van der Waals surface area contributed by atoms with E-state index in [2.05, 4.69) is 16.4 Å². The summed E-state index contributed by atoms with van der Waals surface area (Å²) in [5, 5.41) is 12.7. The molecule has 8 heteroatoms. The highest BCUT2D eigenvalue weighted by Gasteiger charge is 2.34. The van der Waals surface area contributed by atoms with Gasteiger partial charge in [0.15, 0.2) is 0 Å². The summed E-state index contributed by atoms with van der Waals surface area (Å²) in [4.78, 5) is 33.8. The van der Waals surface area contributed by atoms with Gasteiger partial charge >= 0.3 is 6.03 Å². The molecule has 2 heterocycles. The van der Waals surface area contributed by atoms with Gasteiger partial charge in [0.1, 0.15) is 11.7 Å². The zero-order valence-corrected chi connectivity index (χ0v) is 20.3. The lowest BCUT2D eigenvalue weighted by atomic mass is 9.93. The van der Waals surface area contributed by atoms with Crippen LogP contribution in [0, 0.1) is 5.92 Å². The number of aliphatic hydroxyl groups excluding tert-OH is 1. The first kappa shape index (κ1) is 25.0. The molecule has 1 aromatic rings. The number of carbonyl (C=O) groups is 2. The standard InChI is InChI=1S/C25H38N4O4/c1-5-11-26-25(32)28(4)15-22-17(2)14-29(18(3)16-30)24(31)21-12-20(13-27-23(21)33-22)19-9-7-6-8-10-19/h9,12-13,17-18,22,30H,5-8,10-11,14-16H2,1-4H3,(H,26,32)/t17-,18-,22+/m0/s1. The van der Waals surface area contributed by atoms with E-state index in [1.807, 2.05) is 26.8 Å². The second-order valence-electron chi connectivity index (χ2n) is 9.29. The van der Waals surface area contributed by atoms with Gasteiger partial charge < -0.3 is 25.0 Å². The van der Waals surface area contributed by atoms with E-state index in [-0.39, 0.29) is 42.5 Å². The number of carbonyl (C=O) groups excluding carboxylic acids is 2. The van der Waals surface area contributed by atoms with Crippen molar-refractivity contribution < 1.29 is 19.4 Å². The van der Waals surface area contributed by atoms with Crippen molar-refractivity contribution >= 4 is 17.5 Å². The van der Waals surface area contributed by atoms with Gasteiger partial charge in [0.25, 0.3) is 5.91 Å². The lowest BCUT2D eigenvalue weighted by Crippen LogP contribution is -2.51. The number of aliphatic hydroxyl groups is 1. The monoisotopic (exact) mass is 458 g/mol. The molecule has 1 aromatic heterocycles. The van der Waals surface area contributed by atoms with Crippen LogP contribution in [0.5, 0.6) is 5.88 Å². The first-order chi connectivity index (χ1) is 15.8. The molecule has 2 aliphatic rings. The normalized spacial score (nSPS) is 21.8. The first-order valence-corrected chi connectivity index (χ1v) is 12.1. The lowest BCUT2D eigenvalue weighted by Gasteiger charge is -2.37. The molecule has 3 rings (SSSR count). The molecule has 2 N–H and O–H groups in total. The Balaban J connectivity index is 1.93. The van der Waals surface area contributed by atoms with E-state index in [0.717, 1.165) is 31.2 Å².